The highest BCUT2D eigenvalue weighted by Gasteiger charge is 2.43. The molecule has 0 bridgehead atoms. The van der Waals surface area contributed by atoms with Gasteiger partial charge in [0.1, 0.15) is 0 Å². The number of fused-ring (bicyclic) bond motifs is 1. The third kappa shape index (κ3) is 1.40. The van der Waals surface area contributed by atoms with Crippen molar-refractivity contribution in [1.82, 2.24) is 0 Å². The van der Waals surface area contributed by atoms with Gasteiger partial charge in [-0.3, -0.25) is 4.79 Å². The first-order valence-corrected chi connectivity index (χ1v) is 5.43. The van der Waals surface area contributed by atoms with E-state index in [0.717, 1.165) is 23.8 Å². The molecular formula is C13H16O2. The highest BCUT2D eigenvalue weighted by molar-refractivity contribution is 5.69. The summed E-state index contributed by atoms with van der Waals surface area (Å²) in [4.78, 5) is 11.4. The van der Waals surface area contributed by atoms with Crippen LogP contribution in [-0.4, -0.2) is 6.29 Å². The van der Waals surface area contributed by atoms with Crippen LogP contribution in [0, 0.1) is 5.92 Å². The van der Waals surface area contributed by atoms with E-state index in [9.17, 15) is 4.79 Å². The maximum Gasteiger partial charge on any atom is 0.156 e. The molecule has 1 aromatic carbocycles. The lowest BCUT2D eigenvalue weighted by Gasteiger charge is -2.29. The zero-order chi connectivity index (χ0) is 10.9. The molecule has 0 spiro atoms. The fourth-order valence-electron chi connectivity index (χ4n) is 2.23. The number of rotatable bonds is 3. The second-order valence-electron chi connectivity index (χ2n) is 4.17. The van der Waals surface area contributed by atoms with E-state index in [1.54, 1.807) is 0 Å². The lowest BCUT2D eigenvalue weighted by Crippen LogP contribution is -2.34. The maximum atomic E-state index is 11.4. The standard InChI is InChI=1S/C13H16O2/c1-3-10(2)13(9-14)12-7-5-4-6-11(12)8-15-13/h4-7,9-10H,3,8H2,1-2H3. The largest absolute Gasteiger partial charge is 0.358 e. The molecule has 80 valence electrons. The van der Waals surface area contributed by atoms with Gasteiger partial charge in [-0.05, 0) is 17.0 Å². The third-order valence-electron chi connectivity index (χ3n) is 3.42. The number of ether oxygens (including phenoxy) is 1. The van der Waals surface area contributed by atoms with Crippen LogP contribution in [0.4, 0.5) is 0 Å². The molecule has 2 rings (SSSR count). The Morgan fingerprint density at radius 3 is 2.93 bits per heavy atom. The highest BCUT2D eigenvalue weighted by atomic mass is 16.5. The number of aldehydes is 1. The Morgan fingerprint density at radius 1 is 1.53 bits per heavy atom. The second-order valence-corrected chi connectivity index (χ2v) is 4.17. The van der Waals surface area contributed by atoms with Gasteiger partial charge in [0, 0.05) is 0 Å². The van der Waals surface area contributed by atoms with Gasteiger partial charge in [-0.2, -0.15) is 0 Å². The molecule has 0 radical (unpaired) electrons. The van der Waals surface area contributed by atoms with Gasteiger partial charge in [-0.15, -0.1) is 0 Å². The normalized spacial score (nSPS) is 26.0. The van der Waals surface area contributed by atoms with Gasteiger partial charge in [0.25, 0.3) is 0 Å². The average Bonchev–Trinajstić information content (AvgIpc) is 2.68. The van der Waals surface area contributed by atoms with Gasteiger partial charge in [-0.1, -0.05) is 44.5 Å². The summed E-state index contributed by atoms with van der Waals surface area (Å²) in [5.74, 6) is 0.221. The van der Waals surface area contributed by atoms with Gasteiger partial charge in [0.05, 0.1) is 6.61 Å². The van der Waals surface area contributed by atoms with Crippen LogP contribution in [0.15, 0.2) is 24.3 Å². The monoisotopic (exact) mass is 204 g/mol. The van der Waals surface area contributed by atoms with Crippen LogP contribution in [-0.2, 0) is 21.7 Å². The highest BCUT2D eigenvalue weighted by Crippen LogP contribution is 2.41. The van der Waals surface area contributed by atoms with Crippen molar-refractivity contribution in [3.8, 4) is 0 Å². The SMILES string of the molecule is CCC(C)C1(C=O)OCc2ccccc21. The van der Waals surface area contributed by atoms with Crippen molar-refractivity contribution in [1.29, 1.82) is 0 Å². The molecule has 0 aromatic heterocycles. The van der Waals surface area contributed by atoms with Crippen molar-refractivity contribution in [3.63, 3.8) is 0 Å². The Hall–Kier alpha value is -1.15. The zero-order valence-electron chi connectivity index (χ0n) is 9.19. The summed E-state index contributed by atoms with van der Waals surface area (Å²) in [5.41, 5.74) is 1.49. The summed E-state index contributed by atoms with van der Waals surface area (Å²) in [6.07, 6.45) is 1.90. The fraction of sp³-hybridized carbons (Fsp3) is 0.462. The van der Waals surface area contributed by atoms with Gasteiger partial charge in [-0.25, -0.2) is 0 Å². The van der Waals surface area contributed by atoms with Crippen molar-refractivity contribution in [3.05, 3.63) is 35.4 Å². The van der Waals surface area contributed by atoms with Crippen LogP contribution in [0.2, 0.25) is 0 Å². The molecular weight excluding hydrogens is 188 g/mol. The molecule has 0 amide bonds. The van der Waals surface area contributed by atoms with Crippen molar-refractivity contribution in [2.75, 3.05) is 0 Å². The Kier molecular flexibility index (Phi) is 2.61. The summed E-state index contributed by atoms with van der Waals surface area (Å²) >= 11 is 0. The Bertz CT molecular complexity index is 373. The van der Waals surface area contributed by atoms with E-state index in [1.807, 2.05) is 24.3 Å². The van der Waals surface area contributed by atoms with Crippen LogP contribution < -0.4 is 0 Å². The Balaban J connectivity index is 2.50. The van der Waals surface area contributed by atoms with Gasteiger partial charge in [0.2, 0.25) is 0 Å². The minimum atomic E-state index is -0.703. The van der Waals surface area contributed by atoms with E-state index in [0.29, 0.717) is 6.61 Å². The molecule has 2 nitrogen and oxygen atoms in total. The maximum absolute atomic E-state index is 11.4. The van der Waals surface area contributed by atoms with Crippen molar-refractivity contribution >= 4 is 6.29 Å². The summed E-state index contributed by atoms with van der Waals surface area (Å²) < 4.78 is 5.74. The Morgan fingerprint density at radius 2 is 2.27 bits per heavy atom. The van der Waals surface area contributed by atoms with E-state index >= 15 is 0 Å². The predicted octanol–water partition coefficient (Wildman–Crippen LogP) is 2.66. The van der Waals surface area contributed by atoms with E-state index in [4.69, 9.17) is 4.74 Å². The van der Waals surface area contributed by atoms with Gasteiger partial charge in [0.15, 0.2) is 11.9 Å². The van der Waals surface area contributed by atoms with Crippen LogP contribution in [0.5, 0.6) is 0 Å². The van der Waals surface area contributed by atoms with Gasteiger partial charge < -0.3 is 4.74 Å². The molecule has 1 aromatic rings. The molecule has 0 N–H and O–H groups in total. The number of carbonyl (C=O) groups excluding carboxylic acids is 1. The second kappa shape index (κ2) is 3.78. The summed E-state index contributed by atoms with van der Waals surface area (Å²) in [5, 5.41) is 0. The van der Waals surface area contributed by atoms with Crippen molar-refractivity contribution < 1.29 is 9.53 Å². The number of benzene rings is 1. The molecule has 0 saturated carbocycles. The van der Waals surface area contributed by atoms with E-state index < -0.39 is 5.60 Å². The summed E-state index contributed by atoms with van der Waals surface area (Å²) in [6.45, 7) is 4.70. The number of carbonyl (C=O) groups is 1. The first-order valence-electron chi connectivity index (χ1n) is 5.43. The van der Waals surface area contributed by atoms with E-state index in [-0.39, 0.29) is 5.92 Å². The topological polar surface area (TPSA) is 26.3 Å². The van der Waals surface area contributed by atoms with Crippen LogP contribution >= 0.6 is 0 Å². The van der Waals surface area contributed by atoms with E-state index in [1.165, 1.54) is 0 Å². The molecule has 0 aliphatic carbocycles. The molecule has 0 fully saturated rings. The third-order valence-corrected chi connectivity index (χ3v) is 3.42. The first kappa shape index (κ1) is 10.4. The molecule has 15 heavy (non-hydrogen) atoms. The summed E-state index contributed by atoms with van der Waals surface area (Å²) in [6, 6.07) is 7.99. The fourth-order valence-corrected chi connectivity index (χ4v) is 2.23. The quantitative estimate of drug-likeness (QED) is 0.707. The Labute approximate surface area is 90.3 Å². The molecule has 0 saturated heterocycles. The van der Waals surface area contributed by atoms with Crippen molar-refractivity contribution in [2.45, 2.75) is 32.5 Å². The lowest BCUT2D eigenvalue weighted by molar-refractivity contribution is -0.138. The minimum absolute atomic E-state index is 0.221. The van der Waals surface area contributed by atoms with Crippen LogP contribution in [0.25, 0.3) is 0 Å². The van der Waals surface area contributed by atoms with Crippen LogP contribution in [0.1, 0.15) is 31.4 Å². The lowest BCUT2D eigenvalue weighted by atomic mass is 9.81. The predicted molar refractivity (Wildman–Crippen MR) is 58.4 cm³/mol. The van der Waals surface area contributed by atoms with Gasteiger partial charge >= 0.3 is 0 Å². The van der Waals surface area contributed by atoms with Crippen molar-refractivity contribution in [2.24, 2.45) is 5.92 Å². The van der Waals surface area contributed by atoms with E-state index in [2.05, 4.69) is 13.8 Å². The molecule has 2 unspecified atom stereocenters. The molecule has 1 aliphatic heterocycles. The molecule has 2 atom stereocenters. The molecule has 1 heterocycles. The average molecular weight is 204 g/mol. The first-order chi connectivity index (χ1) is 7.24. The summed E-state index contributed by atoms with van der Waals surface area (Å²) in [7, 11) is 0. The molecule has 2 heteroatoms. The van der Waals surface area contributed by atoms with Crippen LogP contribution in [0.3, 0.4) is 0 Å². The minimum Gasteiger partial charge on any atom is -0.358 e. The zero-order valence-corrected chi connectivity index (χ0v) is 9.19. The number of hydrogen-bond donors (Lipinski definition) is 0. The smallest absolute Gasteiger partial charge is 0.156 e. The molecule has 1 aliphatic rings. The number of hydrogen-bond acceptors (Lipinski definition) is 2.